The predicted octanol–water partition coefficient (Wildman–Crippen LogP) is 2.72. The monoisotopic (exact) mass is 317 g/mol. The summed E-state index contributed by atoms with van der Waals surface area (Å²) in [7, 11) is 0. The van der Waals surface area contributed by atoms with E-state index in [1.807, 2.05) is 6.07 Å². The van der Waals surface area contributed by atoms with Crippen LogP contribution >= 0.6 is 11.6 Å². The first-order valence-corrected chi connectivity index (χ1v) is 7.12. The number of nitrogens with one attached hydrogen (secondary N) is 1. The summed E-state index contributed by atoms with van der Waals surface area (Å²) >= 11 is 5.87. The van der Waals surface area contributed by atoms with Crippen molar-refractivity contribution in [3.8, 4) is 0 Å². The van der Waals surface area contributed by atoms with Gasteiger partial charge in [0.2, 0.25) is 11.8 Å². The normalized spacial score (nSPS) is 10.1. The van der Waals surface area contributed by atoms with Crippen LogP contribution in [-0.2, 0) is 16.1 Å². The molecular weight excluding hydrogens is 302 g/mol. The van der Waals surface area contributed by atoms with Crippen LogP contribution in [0.15, 0.2) is 48.8 Å². The number of pyridine rings is 1. The number of nitrogens with zero attached hydrogens (tertiary/aromatic N) is 2. The van der Waals surface area contributed by atoms with Crippen molar-refractivity contribution < 1.29 is 9.59 Å². The van der Waals surface area contributed by atoms with Crippen molar-refractivity contribution >= 4 is 29.1 Å². The molecule has 0 atom stereocenters. The van der Waals surface area contributed by atoms with Gasteiger partial charge in [-0.2, -0.15) is 0 Å². The number of anilines is 1. The van der Waals surface area contributed by atoms with Crippen molar-refractivity contribution in [2.75, 3.05) is 11.9 Å². The van der Waals surface area contributed by atoms with Crippen LogP contribution < -0.4 is 5.32 Å². The number of amides is 2. The van der Waals surface area contributed by atoms with Gasteiger partial charge in [-0.3, -0.25) is 14.6 Å². The Morgan fingerprint density at radius 2 is 2.09 bits per heavy atom. The Kier molecular flexibility index (Phi) is 5.49. The molecule has 22 heavy (non-hydrogen) atoms. The van der Waals surface area contributed by atoms with Gasteiger partial charge in [0.15, 0.2) is 0 Å². The number of hydrogen-bond acceptors (Lipinski definition) is 3. The summed E-state index contributed by atoms with van der Waals surface area (Å²) in [6.07, 6.45) is 3.33. The zero-order chi connectivity index (χ0) is 15.9. The second-order valence-corrected chi connectivity index (χ2v) is 5.23. The SMILES string of the molecule is CC(=O)N(CC(=O)Nc1cccc(Cl)c1)Cc1cccnc1. The third kappa shape index (κ3) is 4.86. The maximum absolute atomic E-state index is 12.1. The Bertz CT molecular complexity index is 661. The molecule has 0 saturated heterocycles. The maximum Gasteiger partial charge on any atom is 0.244 e. The van der Waals surface area contributed by atoms with E-state index in [1.54, 1.807) is 42.7 Å². The first kappa shape index (κ1) is 16.0. The number of aromatic nitrogens is 1. The molecule has 0 aliphatic heterocycles. The minimum Gasteiger partial charge on any atom is -0.329 e. The van der Waals surface area contributed by atoms with Crippen LogP contribution in [0.5, 0.6) is 0 Å². The van der Waals surface area contributed by atoms with Gasteiger partial charge in [-0.25, -0.2) is 0 Å². The Balaban J connectivity index is 1.98. The molecule has 0 aliphatic rings. The van der Waals surface area contributed by atoms with Crippen molar-refractivity contribution in [1.29, 1.82) is 0 Å². The van der Waals surface area contributed by atoms with Crippen LogP contribution in [0.3, 0.4) is 0 Å². The Morgan fingerprint density at radius 1 is 1.27 bits per heavy atom. The number of carbonyl (C=O) groups excluding carboxylic acids is 2. The van der Waals surface area contributed by atoms with Gasteiger partial charge in [0.25, 0.3) is 0 Å². The molecule has 1 N–H and O–H groups in total. The quantitative estimate of drug-likeness (QED) is 0.922. The van der Waals surface area contributed by atoms with E-state index in [1.165, 1.54) is 11.8 Å². The maximum atomic E-state index is 12.1. The lowest BCUT2D eigenvalue weighted by Crippen LogP contribution is -2.36. The zero-order valence-electron chi connectivity index (χ0n) is 12.1. The van der Waals surface area contributed by atoms with Crippen molar-refractivity contribution in [2.24, 2.45) is 0 Å². The fourth-order valence-corrected chi connectivity index (χ4v) is 2.12. The van der Waals surface area contributed by atoms with Crippen molar-refractivity contribution in [1.82, 2.24) is 9.88 Å². The third-order valence-electron chi connectivity index (χ3n) is 2.98. The standard InChI is InChI=1S/C16H16ClN3O2/c1-12(21)20(10-13-4-3-7-18-9-13)11-16(22)19-15-6-2-5-14(17)8-15/h2-9H,10-11H2,1H3,(H,19,22). The van der Waals surface area contributed by atoms with Crippen LogP contribution in [0.25, 0.3) is 0 Å². The number of carbonyl (C=O) groups is 2. The smallest absolute Gasteiger partial charge is 0.244 e. The van der Waals surface area contributed by atoms with E-state index in [4.69, 9.17) is 11.6 Å². The van der Waals surface area contributed by atoms with Gasteiger partial charge in [-0.15, -0.1) is 0 Å². The molecular formula is C16H16ClN3O2. The summed E-state index contributed by atoms with van der Waals surface area (Å²) in [5.41, 5.74) is 1.47. The zero-order valence-corrected chi connectivity index (χ0v) is 12.9. The lowest BCUT2D eigenvalue weighted by molar-refractivity contribution is -0.133. The summed E-state index contributed by atoms with van der Waals surface area (Å²) < 4.78 is 0. The number of rotatable bonds is 5. The fourth-order valence-electron chi connectivity index (χ4n) is 1.93. The van der Waals surface area contributed by atoms with Crippen molar-refractivity contribution in [2.45, 2.75) is 13.5 Å². The van der Waals surface area contributed by atoms with E-state index >= 15 is 0 Å². The Morgan fingerprint density at radius 3 is 2.73 bits per heavy atom. The number of benzene rings is 1. The summed E-state index contributed by atoms with van der Waals surface area (Å²) in [4.78, 5) is 29.2. The predicted molar refractivity (Wildman–Crippen MR) is 85.4 cm³/mol. The Hall–Kier alpha value is -2.40. The molecule has 0 fully saturated rings. The summed E-state index contributed by atoms with van der Waals surface area (Å²) in [5.74, 6) is -0.452. The molecule has 0 radical (unpaired) electrons. The summed E-state index contributed by atoms with van der Waals surface area (Å²) in [6.45, 7) is 1.74. The van der Waals surface area contributed by atoms with Gasteiger partial charge < -0.3 is 10.2 Å². The molecule has 0 unspecified atom stereocenters. The fraction of sp³-hybridized carbons (Fsp3) is 0.188. The van der Waals surface area contributed by atoms with E-state index in [-0.39, 0.29) is 18.4 Å². The van der Waals surface area contributed by atoms with Crippen LogP contribution in [0.4, 0.5) is 5.69 Å². The second kappa shape index (κ2) is 7.56. The van der Waals surface area contributed by atoms with E-state index in [0.717, 1.165) is 5.56 Å². The van der Waals surface area contributed by atoms with E-state index in [0.29, 0.717) is 17.3 Å². The van der Waals surface area contributed by atoms with Gasteiger partial charge in [-0.05, 0) is 29.8 Å². The van der Waals surface area contributed by atoms with Crippen LogP contribution in [-0.4, -0.2) is 28.2 Å². The van der Waals surface area contributed by atoms with Crippen LogP contribution in [0.2, 0.25) is 5.02 Å². The summed E-state index contributed by atoms with van der Waals surface area (Å²) in [6, 6.07) is 10.5. The third-order valence-corrected chi connectivity index (χ3v) is 3.22. The molecule has 0 saturated carbocycles. The van der Waals surface area contributed by atoms with Gasteiger partial charge in [0, 0.05) is 36.6 Å². The number of hydrogen-bond donors (Lipinski definition) is 1. The van der Waals surface area contributed by atoms with Gasteiger partial charge in [-0.1, -0.05) is 23.7 Å². The minimum atomic E-state index is -0.277. The molecule has 1 aromatic heterocycles. The van der Waals surface area contributed by atoms with Gasteiger partial charge >= 0.3 is 0 Å². The highest BCUT2D eigenvalue weighted by atomic mass is 35.5. The molecule has 114 valence electrons. The number of halogens is 1. The first-order chi connectivity index (χ1) is 10.5. The highest BCUT2D eigenvalue weighted by Gasteiger charge is 2.14. The van der Waals surface area contributed by atoms with E-state index in [9.17, 15) is 9.59 Å². The molecule has 6 heteroatoms. The highest BCUT2D eigenvalue weighted by Crippen LogP contribution is 2.15. The topological polar surface area (TPSA) is 62.3 Å². The molecule has 5 nitrogen and oxygen atoms in total. The largest absolute Gasteiger partial charge is 0.329 e. The molecule has 1 heterocycles. The molecule has 2 amide bonds. The average molecular weight is 318 g/mol. The van der Waals surface area contributed by atoms with Crippen LogP contribution in [0.1, 0.15) is 12.5 Å². The molecule has 2 rings (SSSR count). The van der Waals surface area contributed by atoms with Gasteiger partial charge in [0.1, 0.15) is 6.54 Å². The Labute approximate surface area is 133 Å². The van der Waals surface area contributed by atoms with Crippen molar-refractivity contribution in [3.05, 3.63) is 59.4 Å². The molecule has 0 bridgehead atoms. The average Bonchev–Trinajstić information content (AvgIpc) is 2.47. The van der Waals surface area contributed by atoms with E-state index in [2.05, 4.69) is 10.3 Å². The lowest BCUT2D eigenvalue weighted by Gasteiger charge is -2.20. The van der Waals surface area contributed by atoms with Crippen molar-refractivity contribution in [3.63, 3.8) is 0 Å². The highest BCUT2D eigenvalue weighted by molar-refractivity contribution is 6.30. The second-order valence-electron chi connectivity index (χ2n) is 4.79. The summed E-state index contributed by atoms with van der Waals surface area (Å²) in [5, 5.41) is 3.26. The first-order valence-electron chi connectivity index (χ1n) is 6.74. The van der Waals surface area contributed by atoms with Crippen LogP contribution in [0, 0.1) is 0 Å². The van der Waals surface area contributed by atoms with Gasteiger partial charge in [0.05, 0.1) is 0 Å². The minimum absolute atomic E-state index is 0.0310. The molecule has 1 aromatic carbocycles. The molecule has 0 aliphatic carbocycles. The molecule has 0 spiro atoms. The molecule has 2 aromatic rings. The lowest BCUT2D eigenvalue weighted by atomic mass is 10.2. The van der Waals surface area contributed by atoms with E-state index < -0.39 is 0 Å².